The second-order valence-electron chi connectivity index (χ2n) is 4.92. The van der Waals surface area contributed by atoms with E-state index in [-0.39, 0.29) is 11.3 Å². The van der Waals surface area contributed by atoms with Crippen molar-refractivity contribution >= 4 is 27.5 Å². The van der Waals surface area contributed by atoms with Gasteiger partial charge in [-0.2, -0.15) is 13.2 Å². The first-order valence-electron chi connectivity index (χ1n) is 7.25. The number of hydrogen-bond donors (Lipinski definition) is 1. The minimum absolute atomic E-state index is 0.133. The van der Waals surface area contributed by atoms with E-state index >= 15 is 0 Å². The van der Waals surface area contributed by atoms with E-state index in [0.717, 1.165) is 6.07 Å². The third-order valence-electron chi connectivity index (χ3n) is 3.26. The van der Waals surface area contributed by atoms with Crippen LogP contribution in [0.1, 0.15) is 22.8 Å². The number of para-hydroxylation sites is 1. The highest BCUT2D eigenvalue weighted by Gasteiger charge is 2.33. The highest BCUT2D eigenvalue weighted by molar-refractivity contribution is 9.10. The SMILES string of the molecule is CCOc1cc(C(=O)Nc2ccccc2C(F)(F)F)cc(Br)c1OC. The molecule has 2 aromatic carbocycles. The molecule has 0 heterocycles. The molecule has 0 saturated carbocycles. The Labute approximate surface area is 151 Å². The molecule has 0 fully saturated rings. The first kappa shape index (κ1) is 19.1. The van der Waals surface area contributed by atoms with Crippen molar-refractivity contribution in [2.24, 2.45) is 0 Å². The summed E-state index contributed by atoms with van der Waals surface area (Å²) in [5.41, 5.74) is -1.10. The lowest BCUT2D eigenvalue weighted by Crippen LogP contribution is -2.17. The van der Waals surface area contributed by atoms with Crippen LogP contribution in [0.2, 0.25) is 0 Å². The Morgan fingerprint density at radius 3 is 2.52 bits per heavy atom. The van der Waals surface area contributed by atoms with Crippen LogP contribution in [0.3, 0.4) is 0 Å². The smallest absolute Gasteiger partial charge is 0.418 e. The molecule has 0 saturated heterocycles. The number of carbonyl (C=O) groups is 1. The second-order valence-corrected chi connectivity index (χ2v) is 5.77. The molecule has 25 heavy (non-hydrogen) atoms. The number of ether oxygens (including phenoxy) is 2. The second kappa shape index (κ2) is 7.77. The van der Waals surface area contributed by atoms with E-state index in [2.05, 4.69) is 21.2 Å². The van der Waals surface area contributed by atoms with Crippen LogP contribution in [0.4, 0.5) is 18.9 Å². The van der Waals surface area contributed by atoms with E-state index in [9.17, 15) is 18.0 Å². The summed E-state index contributed by atoms with van der Waals surface area (Å²) in [6, 6.07) is 7.65. The van der Waals surface area contributed by atoms with Crippen molar-refractivity contribution in [3.05, 3.63) is 52.0 Å². The summed E-state index contributed by atoms with van der Waals surface area (Å²) < 4.78 is 50.2. The maximum Gasteiger partial charge on any atom is 0.418 e. The monoisotopic (exact) mass is 417 g/mol. The van der Waals surface area contributed by atoms with Crippen molar-refractivity contribution < 1.29 is 27.4 Å². The molecule has 0 unspecified atom stereocenters. The van der Waals surface area contributed by atoms with Gasteiger partial charge in [0, 0.05) is 5.56 Å². The van der Waals surface area contributed by atoms with Gasteiger partial charge >= 0.3 is 6.18 Å². The first-order chi connectivity index (χ1) is 11.8. The lowest BCUT2D eigenvalue weighted by Gasteiger charge is -2.15. The fourth-order valence-electron chi connectivity index (χ4n) is 2.19. The van der Waals surface area contributed by atoms with E-state index in [1.165, 1.54) is 37.4 Å². The molecule has 0 aliphatic carbocycles. The van der Waals surface area contributed by atoms with Crippen molar-refractivity contribution in [2.45, 2.75) is 13.1 Å². The fourth-order valence-corrected chi connectivity index (χ4v) is 2.80. The first-order valence-corrected chi connectivity index (χ1v) is 8.05. The Morgan fingerprint density at radius 2 is 1.92 bits per heavy atom. The van der Waals surface area contributed by atoms with Gasteiger partial charge in [-0.3, -0.25) is 4.79 Å². The van der Waals surface area contributed by atoms with Gasteiger partial charge in [0.05, 0.1) is 29.4 Å². The van der Waals surface area contributed by atoms with E-state index < -0.39 is 17.6 Å². The van der Waals surface area contributed by atoms with Crippen molar-refractivity contribution in [1.82, 2.24) is 0 Å². The van der Waals surface area contributed by atoms with Crippen LogP contribution in [0.25, 0.3) is 0 Å². The maximum atomic E-state index is 13.0. The zero-order valence-corrected chi connectivity index (χ0v) is 15.0. The Balaban J connectivity index is 2.37. The molecule has 2 aromatic rings. The lowest BCUT2D eigenvalue weighted by molar-refractivity contribution is -0.136. The molecule has 0 atom stereocenters. The van der Waals surface area contributed by atoms with Crippen LogP contribution in [0.5, 0.6) is 11.5 Å². The number of alkyl halides is 3. The standard InChI is InChI=1S/C17H15BrF3NO3/c1-3-25-14-9-10(8-12(18)15(14)24-2)16(23)22-13-7-5-4-6-11(13)17(19,20)21/h4-9H,3H2,1-2H3,(H,22,23). The van der Waals surface area contributed by atoms with Crippen LogP contribution < -0.4 is 14.8 Å². The molecule has 134 valence electrons. The minimum atomic E-state index is -4.57. The van der Waals surface area contributed by atoms with Crippen molar-refractivity contribution in [2.75, 3.05) is 19.0 Å². The van der Waals surface area contributed by atoms with Crippen molar-refractivity contribution in [3.8, 4) is 11.5 Å². The van der Waals surface area contributed by atoms with E-state index in [1.54, 1.807) is 6.92 Å². The van der Waals surface area contributed by atoms with E-state index in [4.69, 9.17) is 9.47 Å². The highest BCUT2D eigenvalue weighted by atomic mass is 79.9. The summed E-state index contributed by atoms with van der Waals surface area (Å²) in [5, 5.41) is 2.29. The third kappa shape index (κ3) is 4.45. The predicted molar refractivity (Wildman–Crippen MR) is 91.3 cm³/mol. The summed E-state index contributed by atoms with van der Waals surface area (Å²) >= 11 is 3.26. The van der Waals surface area contributed by atoms with Crippen LogP contribution in [-0.2, 0) is 6.18 Å². The predicted octanol–water partition coefficient (Wildman–Crippen LogP) is 5.13. The van der Waals surface area contributed by atoms with Crippen molar-refractivity contribution in [3.63, 3.8) is 0 Å². The van der Waals surface area contributed by atoms with Gasteiger partial charge in [0.25, 0.3) is 5.91 Å². The summed E-state index contributed by atoms with van der Waals surface area (Å²) in [4.78, 5) is 12.4. The lowest BCUT2D eigenvalue weighted by atomic mass is 10.1. The van der Waals surface area contributed by atoms with Gasteiger partial charge in [0.2, 0.25) is 0 Å². The van der Waals surface area contributed by atoms with Gasteiger partial charge in [-0.25, -0.2) is 0 Å². The Bertz CT molecular complexity index is 778. The van der Waals surface area contributed by atoms with Gasteiger partial charge in [-0.15, -0.1) is 0 Å². The molecular formula is C17H15BrF3NO3. The number of methoxy groups -OCH3 is 1. The van der Waals surface area contributed by atoms with Crippen molar-refractivity contribution in [1.29, 1.82) is 0 Å². The van der Waals surface area contributed by atoms with Gasteiger partial charge in [0.15, 0.2) is 11.5 Å². The minimum Gasteiger partial charge on any atom is -0.492 e. The zero-order chi connectivity index (χ0) is 18.6. The zero-order valence-electron chi connectivity index (χ0n) is 13.4. The Kier molecular flexibility index (Phi) is 5.94. The maximum absolute atomic E-state index is 13.0. The molecule has 1 amide bonds. The number of nitrogens with one attached hydrogen (secondary N) is 1. The fraction of sp³-hybridized carbons (Fsp3) is 0.235. The third-order valence-corrected chi connectivity index (χ3v) is 3.85. The van der Waals surface area contributed by atoms with Gasteiger partial charge in [-0.1, -0.05) is 12.1 Å². The molecular weight excluding hydrogens is 403 g/mol. The number of carbonyl (C=O) groups excluding carboxylic acids is 1. The van der Waals surface area contributed by atoms with Gasteiger partial charge in [-0.05, 0) is 47.1 Å². The molecule has 0 radical (unpaired) electrons. The molecule has 0 spiro atoms. The van der Waals surface area contributed by atoms with Crippen LogP contribution in [0.15, 0.2) is 40.9 Å². The molecule has 2 rings (SSSR count). The summed E-state index contributed by atoms with van der Waals surface area (Å²) in [5.74, 6) is 0.0173. The molecule has 4 nitrogen and oxygen atoms in total. The Hall–Kier alpha value is -2.22. The number of rotatable bonds is 5. The van der Waals surface area contributed by atoms with Crippen LogP contribution >= 0.6 is 15.9 Å². The summed E-state index contributed by atoms with van der Waals surface area (Å²) in [6.07, 6.45) is -4.57. The molecule has 0 aliphatic heterocycles. The number of halogens is 4. The van der Waals surface area contributed by atoms with Gasteiger partial charge in [0.1, 0.15) is 0 Å². The average Bonchev–Trinajstić information content (AvgIpc) is 2.54. The number of benzene rings is 2. The van der Waals surface area contributed by atoms with Crippen LogP contribution in [0, 0.1) is 0 Å². The molecule has 0 bridgehead atoms. The Morgan fingerprint density at radius 1 is 1.24 bits per heavy atom. The molecule has 1 N–H and O–H groups in total. The molecule has 0 aromatic heterocycles. The number of hydrogen-bond acceptors (Lipinski definition) is 3. The van der Waals surface area contributed by atoms with E-state index in [0.29, 0.717) is 22.6 Å². The summed E-state index contributed by atoms with van der Waals surface area (Å²) in [7, 11) is 1.45. The van der Waals surface area contributed by atoms with Gasteiger partial charge < -0.3 is 14.8 Å². The van der Waals surface area contributed by atoms with E-state index in [1.807, 2.05) is 0 Å². The average molecular weight is 418 g/mol. The normalized spacial score (nSPS) is 11.1. The summed E-state index contributed by atoms with van der Waals surface area (Å²) in [6.45, 7) is 2.10. The van der Waals surface area contributed by atoms with Crippen LogP contribution in [-0.4, -0.2) is 19.6 Å². The largest absolute Gasteiger partial charge is 0.492 e. The topological polar surface area (TPSA) is 47.6 Å². The number of amides is 1. The number of anilines is 1. The quantitative estimate of drug-likeness (QED) is 0.733. The molecule has 8 heteroatoms. The highest BCUT2D eigenvalue weighted by Crippen LogP contribution is 2.38. The molecule has 0 aliphatic rings.